The predicted octanol–water partition coefficient (Wildman–Crippen LogP) is 3.81. The van der Waals surface area contributed by atoms with Gasteiger partial charge in [-0.1, -0.05) is 18.1 Å². The van der Waals surface area contributed by atoms with Crippen LogP contribution in [0.2, 0.25) is 0 Å². The summed E-state index contributed by atoms with van der Waals surface area (Å²) in [5.74, 6) is -0.195. The van der Waals surface area contributed by atoms with Gasteiger partial charge in [-0.05, 0) is 39.0 Å². The van der Waals surface area contributed by atoms with E-state index in [0.717, 1.165) is 32.5 Å². The van der Waals surface area contributed by atoms with Gasteiger partial charge in [0.25, 0.3) is 0 Å². The Labute approximate surface area is 104 Å². The van der Waals surface area contributed by atoms with Crippen LogP contribution in [0.15, 0.2) is 11.6 Å². The molecule has 0 bridgehead atoms. The maximum absolute atomic E-state index is 6.18. The Hall–Kier alpha value is -0.340. The lowest BCUT2D eigenvalue weighted by Gasteiger charge is -2.48. The fourth-order valence-corrected chi connectivity index (χ4v) is 3.35. The van der Waals surface area contributed by atoms with Crippen molar-refractivity contribution < 1.29 is 9.47 Å². The molecule has 1 aliphatic heterocycles. The summed E-state index contributed by atoms with van der Waals surface area (Å²) in [5, 5.41) is 0. The van der Waals surface area contributed by atoms with Gasteiger partial charge in [-0.25, -0.2) is 0 Å². The Balaban J connectivity index is 1.63. The van der Waals surface area contributed by atoms with Gasteiger partial charge in [0.2, 0.25) is 0 Å². The molecule has 0 aromatic carbocycles. The summed E-state index contributed by atoms with van der Waals surface area (Å²) in [4.78, 5) is 0. The van der Waals surface area contributed by atoms with Crippen molar-refractivity contribution in [3.63, 3.8) is 0 Å². The van der Waals surface area contributed by atoms with E-state index in [0.29, 0.717) is 5.41 Å². The Morgan fingerprint density at radius 2 is 1.71 bits per heavy atom. The minimum atomic E-state index is -0.195. The Bertz CT molecular complexity index is 303. The monoisotopic (exact) mass is 236 g/mol. The zero-order chi connectivity index (χ0) is 11.8. The number of allylic oxidation sites excluding steroid dienone is 2. The van der Waals surface area contributed by atoms with Gasteiger partial charge in [0.05, 0.1) is 13.2 Å². The fourth-order valence-electron chi connectivity index (χ4n) is 3.35. The maximum atomic E-state index is 6.18. The molecule has 0 radical (unpaired) electrons. The normalized spacial score (nSPS) is 31.5. The molecule has 1 saturated heterocycles. The third-order valence-corrected chi connectivity index (χ3v) is 4.83. The van der Waals surface area contributed by atoms with E-state index in [-0.39, 0.29) is 5.79 Å². The maximum Gasteiger partial charge on any atom is 0.168 e. The highest BCUT2D eigenvalue weighted by atomic mass is 16.7. The Morgan fingerprint density at radius 1 is 1.00 bits per heavy atom. The van der Waals surface area contributed by atoms with Gasteiger partial charge in [0.1, 0.15) is 0 Å². The van der Waals surface area contributed by atoms with Crippen LogP contribution in [0.25, 0.3) is 0 Å². The van der Waals surface area contributed by atoms with E-state index in [4.69, 9.17) is 9.47 Å². The molecule has 2 fully saturated rings. The van der Waals surface area contributed by atoms with E-state index in [1.54, 1.807) is 0 Å². The van der Waals surface area contributed by atoms with Crippen molar-refractivity contribution in [2.24, 2.45) is 5.41 Å². The molecule has 0 unspecified atom stereocenters. The molecule has 0 aromatic rings. The molecule has 2 aliphatic carbocycles. The molecule has 3 rings (SSSR count). The molecule has 2 heteroatoms. The second kappa shape index (κ2) is 4.40. The highest BCUT2D eigenvalue weighted by Crippen LogP contribution is 2.44. The zero-order valence-electron chi connectivity index (χ0n) is 11.0. The fraction of sp³-hybridized carbons (Fsp3) is 0.867. The lowest BCUT2D eigenvalue weighted by atomic mass is 9.75. The lowest BCUT2D eigenvalue weighted by molar-refractivity contribution is -0.315. The van der Waals surface area contributed by atoms with Crippen LogP contribution in [0.5, 0.6) is 0 Å². The summed E-state index contributed by atoms with van der Waals surface area (Å²) in [6.07, 6.45) is 12.1. The molecular formula is C15H24O2. The Morgan fingerprint density at radius 3 is 2.29 bits per heavy atom. The molecule has 2 nitrogen and oxygen atoms in total. The summed E-state index contributed by atoms with van der Waals surface area (Å²) < 4.78 is 12.4. The average Bonchev–Trinajstić information content (AvgIpc) is 2.38. The summed E-state index contributed by atoms with van der Waals surface area (Å²) >= 11 is 0. The molecule has 3 aliphatic rings. The van der Waals surface area contributed by atoms with Crippen LogP contribution in [-0.2, 0) is 9.47 Å². The average molecular weight is 236 g/mol. The minimum Gasteiger partial charge on any atom is -0.349 e. The van der Waals surface area contributed by atoms with Crippen LogP contribution in [0.3, 0.4) is 0 Å². The standard InChI is InChI=1S/C15H24O2/c1-13-5-9-14(10-6-13)11-16-15(17-12-14)7-3-2-4-8-15/h5H,2-4,6-12H2,1H3. The molecule has 1 saturated carbocycles. The first-order valence-corrected chi connectivity index (χ1v) is 7.16. The third-order valence-electron chi connectivity index (χ3n) is 4.83. The molecule has 2 spiro atoms. The van der Waals surface area contributed by atoms with Crippen molar-refractivity contribution in [3.8, 4) is 0 Å². The summed E-state index contributed by atoms with van der Waals surface area (Å²) in [5.41, 5.74) is 1.83. The van der Waals surface area contributed by atoms with Crippen LogP contribution < -0.4 is 0 Å². The van der Waals surface area contributed by atoms with Crippen LogP contribution in [0.1, 0.15) is 58.3 Å². The number of hydrogen-bond donors (Lipinski definition) is 0. The van der Waals surface area contributed by atoms with Crippen molar-refractivity contribution in [3.05, 3.63) is 11.6 Å². The van der Waals surface area contributed by atoms with Gasteiger partial charge in [-0.15, -0.1) is 0 Å². The van der Waals surface area contributed by atoms with E-state index < -0.39 is 0 Å². The van der Waals surface area contributed by atoms with Crippen molar-refractivity contribution in [2.75, 3.05) is 13.2 Å². The molecule has 96 valence electrons. The number of rotatable bonds is 0. The Kier molecular flexibility index (Phi) is 3.04. The molecule has 1 heterocycles. The third kappa shape index (κ3) is 2.30. The SMILES string of the molecule is CC1=CCC2(CC1)COC1(CCCCC1)OC2. The zero-order valence-corrected chi connectivity index (χ0v) is 11.0. The van der Waals surface area contributed by atoms with Gasteiger partial charge < -0.3 is 9.47 Å². The second-order valence-electron chi connectivity index (χ2n) is 6.30. The first-order valence-electron chi connectivity index (χ1n) is 7.16. The largest absolute Gasteiger partial charge is 0.349 e. The molecular weight excluding hydrogens is 212 g/mol. The van der Waals surface area contributed by atoms with Gasteiger partial charge in [-0.2, -0.15) is 0 Å². The smallest absolute Gasteiger partial charge is 0.168 e. The van der Waals surface area contributed by atoms with E-state index in [9.17, 15) is 0 Å². The summed E-state index contributed by atoms with van der Waals surface area (Å²) in [6.45, 7) is 4.06. The van der Waals surface area contributed by atoms with E-state index in [1.165, 1.54) is 37.7 Å². The molecule has 17 heavy (non-hydrogen) atoms. The summed E-state index contributed by atoms with van der Waals surface area (Å²) in [7, 11) is 0. The molecule has 0 amide bonds. The van der Waals surface area contributed by atoms with Crippen LogP contribution in [0.4, 0.5) is 0 Å². The lowest BCUT2D eigenvalue weighted by Crippen LogP contribution is -2.50. The first kappa shape index (κ1) is 11.7. The van der Waals surface area contributed by atoms with Gasteiger partial charge in [0.15, 0.2) is 5.79 Å². The van der Waals surface area contributed by atoms with Crippen LogP contribution in [-0.4, -0.2) is 19.0 Å². The van der Waals surface area contributed by atoms with Crippen molar-refractivity contribution >= 4 is 0 Å². The highest BCUT2D eigenvalue weighted by Gasteiger charge is 2.45. The number of ether oxygens (including phenoxy) is 2. The summed E-state index contributed by atoms with van der Waals surface area (Å²) in [6, 6.07) is 0. The van der Waals surface area contributed by atoms with Crippen molar-refractivity contribution in [1.82, 2.24) is 0 Å². The van der Waals surface area contributed by atoms with Crippen LogP contribution in [0, 0.1) is 5.41 Å². The van der Waals surface area contributed by atoms with Gasteiger partial charge in [-0.3, -0.25) is 0 Å². The quantitative estimate of drug-likeness (QED) is 0.595. The van der Waals surface area contributed by atoms with Gasteiger partial charge >= 0.3 is 0 Å². The van der Waals surface area contributed by atoms with Crippen molar-refractivity contribution in [1.29, 1.82) is 0 Å². The highest BCUT2D eigenvalue weighted by molar-refractivity contribution is 5.08. The predicted molar refractivity (Wildman–Crippen MR) is 67.8 cm³/mol. The van der Waals surface area contributed by atoms with E-state index >= 15 is 0 Å². The van der Waals surface area contributed by atoms with E-state index in [1.807, 2.05) is 0 Å². The van der Waals surface area contributed by atoms with Crippen LogP contribution >= 0.6 is 0 Å². The van der Waals surface area contributed by atoms with E-state index in [2.05, 4.69) is 13.0 Å². The molecule has 0 aromatic heterocycles. The topological polar surface area (TPSA) is 18.5 Å². The van der Waals surface area contributed by atoms with Crippen molar-refractivity contribution in [2.45, 2.75) is 64.1 Å². The molecule has 0 N–H and O–H groups in total. The number of hydrogen-bond acceptors (Lipinski definition) is 2. The second-order valence-corrected chi connectivity index (χ2v) is 6.30. The molecule has 0 atom stereocenters. The minimum absolute atomic E-state index is 0.195. The van der Waals surface area contributed by atoms with Gasteiger partial charge in [0, 0.05) is 18.3 Å². The first-order chi connectivity index (χ1) is 8.22.